The van der Waals surface area contributed by atoms with Gasteiger partial charge in [-0.1, -0.05) is 30.1 Å². The molecule has 0 N–H and O–H groups in total. The molecular weight excluding hydrogens is 351 g/mol. The summed E-state index contributed by atoms with van der Waals surface area (Å²) in [5.41, 5.74) is 0. The maximum absolute atomic E-state index is 6.35. The van der Waals surface area contributed by atoms with Crippen LogP contribution in [0.3, 0.4) is 0 Å². The predicted molar refractivity (Wildman–Crippen MR) is 95.4 cm³/mol. The Kier molecular flexibility index (Phi) is 4.05. The van der Waals surface area contributed by atoms with E-state index in [-0.39, 0.29) is 6.02 Å². The van der Waals surface area contributed by atoms with Crippen LogP contribution in [0.15, 0.2) is 41.9 Å². The molecule has 24 heavy (non-hydrogen) atoms. The molecule has 0 aromatic rings. The van der Waals surface area contributed by atoms with Crippen molar-refractivity contribution in [3.8, 4) is 0 Å². The van der Waals surface area contributed by atoms with Gasteiger partial charge in [-0.05, 0) is 25.3 Å². The van der Waals surface area contributed by atoms with Gasteiger partial charge < -0.3 is 9.64 Å². The fourth-order valence-electron chi connectivity index (χ4n) is 2.80. The number of allylic oxidation sites excluding steroid dienone is 2. The van der Waals surface area contributed by atoms with Crippen LogP contribution in [0.2, 0.25) is 0 Å². The first kappa shape index (κ1) is 15.7. The van der Waals surface area contributed by atoms with E-state index in [0.717, 1.165) is 32.4 Å². The van der Waals surface area contributed by atoms with Gasteiger partial charge in [-0.15, -0.1) is 0 Å². The number of nitrogens with zero attached hydrogens (tertiary/aromatic N) is 6. The second kappa shape index (κ2) is 6.22. The molecule has 0 aliphatic carbocycles. The SMILES string of the molecule is CCCOC1=NC2=NC(N3CCCC3)=NC3=C(Cl)C=C(Cl)C(=N1)N23. The van der Waals surface area contributed by atoms with E-state index in [2.05, 4.69) is 24.9 Å². The molecule has 0 bridgehead atoms. The highest BCUT2D eigenvalue weighted by Gasteiger charge is 2.37. The van der Waals surface area contributed by atoms with Gasteiger partial charge in [-0.2, -0.15) is 20.0 Å². The lowest BCUT2D eigenvalue weighted by Crippen LogP contribution is -2.45. The van der Waals surface area contributed by atoms with Crippen LogP contribution in [-0.2, 0) is 4.74 Å². The zero-order valence-electron chi connectivity index (χ0n) is 13.2. The van der Waals surface area contributed by atoms with Gasteiger partial charge in [0.1, 0.15) is 0 Å². The zero-order chi connectivity index (χ0) is 16.7. The molecule has 4 aliphatic rings. The third-order valence-corrected chi connectivity index (χ3v) is 4.49. The predicted octanol–water partition coefficient (Wildman–Crippen LogP) is 2.85. The third kappa shape index (κ3) is 2.61. The van der Waals surface area contributed by atoms with E-state index in [9.17, 15) is 0 Å². The fourth-order valence-corrected chi connectivity index (χ4v) is 3.33. The Morgan fingerprint density at radius 3 is 2.62 bits per heavy atom. The van der Waals surface area contributed by atoms with Crippen molar-refractivity contribution in [2.75, 3.05) is 19.7 Å². The van der Waals surface area contributed by atoms with Crippen molar-refractivity contribution in [1.82, 2.24) is 9.80 Å². The van der Waals surface area contributed by atoms with Gasteiger partial charge in [0.15, 0.2) is 11.7 Å². The zero-order valence-corrected chi connectivity index (χ0v) is 14.7. The third-order valence-electron chi connectivity index (χ3n) is 3.93. The lowest BCUT2D eigenvalue weighted by Gasteiger charge is -2.34. The number of hydrogen-bond donors (Lipinski definition) is 0. The highest BCUT2D eigenvalue weighted by molar-refractivity contribution is 6.48. The lowest BCUT2D eigenvalue weighted by molar-refractivity contribution is 0.299. The number of ether oxygens (including phenoxy) is 1. The van der Waals surface area contributed by atoms with Crippen molar-refractivity contribution in [3.05, 3.63) is 22.0 Å². The molecule has 0 unspecified atom stereocenters. The molecule has 126 valence electrons. The van der Waals surface area contributed by atoms with Crippen molar-refractivity contribution in [2.45, 2.75) is 26.2 Å². The molecule has 9 heteroatoms. The van der Waals surface area contributed by atoms with Crippen molar-refractivity contribution in [3.63, 3.8) is 0 Å². The Labute approximate surface area is 149 Å². The van der Waals surface area contributed by atoms with Crippen LogP contribution < -0.4 is 0 Å². The fraction of sp³-hybridized carbons (Fsp3) is 0.467. The Bertz CT molecular complexity index is 758. The van der Waals surface area contributed by atoms with Crippen LogP contribution in [0.25, 0.3) is 0 Å². The van der Waals surface area contributed by atoms with Gasteiger partial charge in [0.25, 0.3) is 0 Å². The maximum atomic E-state index is 6.35. The van der Waals surface area contributed by atoms with E-state index in [1.807, 2.05) is 6.92 Å². The molecule has 0 amide bonds. The standard InChI is InChI=1S/C15H16Cl2N6O/c1-2-7-24-15-19-12-10(17)8-9(16)11-18-13(22-5-3-4-6-22)20-14(21-15)23(11)12/h8H,2-7H2,1H3. The Hall–Kier alpha value is -1.86. The minimum absolute atomic E-state index is 0.258. The molecule has 4 rings (SSSR count). The van der Waals surface area contributed by atoms with E-state index in [4.69, 9.17) is 27.9 Å². The van der Waals surface area contributed by atoms with Crippen LogP contribution in [-0.4, -0.2) is 53.3 Å². The number of guanidine groups is 2. The van der Waals surface area contributed by atoms with E-state index in [0.29, 0.717) is 40.2 Å². The normalized spacial score (nSPS) is 22.5. The molecule has 1 saturated heterocycles. The van der Waals surface area contributed by atoms with E-state index >= 15 is 0 Å². The molecule has 0 aromatic carbocycles. The quantitative estimate of drug-likeness (QED) is 0.754. The summed E-state index contributed by atoms with van der Waals surface area (Å²) in [5.74, 6) is 2.09. The molecule has 0 saturated carbocycles. The molecule has 0 spiro atoms. The minimum Gasteiger partial charge on any atom is -0.463 e. The Morgan fingerprint density at radius 1 is 1.08 bits per heavy atom. The van der Waals surface area contributed by atoms with Crippen LogP contribution >= 0.6 is 23.2 Å². The number of halogens is 2. The monoisotopic (exact) mass is 366 g/mol. The molecule has 0 atom stereocenters. The lowest BCUT2D eigenvalue weighted by atomic mass is 10.3. The summed E-state index contributed by atoms with van der Waals surface area (Å²) in [7, 11) is 0. The highest BCUT2D eigenvalue weighted by atomic mass is 35.5. The number of amidine groups is 2. The number of hydrogen-bond acceptors (Lipinski definition) is 7. The molecule has 4 heterocycles. The number of likely N-dealkylation sites (tertiary alicyclic amines) is 1. The molecule has 0 aromatic heterocycles. The Balaban J connectivity index is 1.79. The van der Waals surface area contributed by atoms with Crippen LogP contribution in [0, 0.1) is 0 Å². The first-order chi connectivity index (χ1) is 11.7. The van der Waals surface area contributed by atoms with E-state index in [1.165, 1.54) is 0 Å². The topological polar surface area (TPSA) is 65.2 Å². The number of aliphatic imine (C=N–C) groups is 4. The molecule has 0 radical (unpaired) electrons. The average molecular weight is 367 g/mol. The van der Waals surface area contributed by atoms with Crippen molar-refractivity contribution in [1.29, 1.82) is 0 Å². The summed E-state index contributed by atoms with van der Waals surface area (Å²) in [5, 5.41) is 0.847. The number of rotatable bonds is 2. The van der Waals surface area contributed by atoms with Crippen molar-refractivity contribution in [2.24, 2.45) is 20.0 Å². The smallest absolute Gasteiger partial charge is 0.321 e. The Morgan fingerprint density at radius 2 is 1.88 bits per heavy atom. The molecule has 7 nitrogen and oxygen atoms in total. The summed E-state index contributed by atoms with van der Waals surface area (Å²) < 4.78 is 5.58. The summed E-state index contributed by atoms with van der Waals surface area (Å²) in [6.45, 7) is 4.41. The van der Waals surface area contributed by atoms with Gasteiger partial charge in [-0.25, -0.2) is 4.90 Å². The largest absolute Gasteiger partial charge is 0.463 e. The molecule has 4 aliphatic heterocycles. The highest BCUT2D eigenvalue weighted by Crippen LogP contribution is 2.33. The van der Waals surface area contributed by atoms with Gasteiger partial charge in [0, 0.05) is 13.1 Å². The van der Waals surface area contributed by atoms with E-state index < -0.39 is 0 Å². The van der Waals surface area contributed by atoms with Gasteiger partial charge in [0.05, 0.1) is 16.7 Å². The summed E-state index contributed by atoms with van der Waals surface area (Å²) in [4.78, 5) is 21.8. The van der Waals surface area contributed by atoms with Crippen LogP contribution in [0.4, 0.5) is 0 Å². The van der Waals surface area contributed by atoms with Crippen molar-refractivity contribution >= 4 is 47.0 Å². The average Bonchev–Trinajstić information content (AvgIpc) is 3.11. The summed E-state index contributed by atoms with van der Waals surface area (Å²) in [6.07, 6.45) is 4.77. The van der Waals surface area contributed by atoms with Gasteiger partial charge in [0.2, 0.25) is 11.9 Å². The molecule has 1 fully saturated rings. The first-order valence-electron chi connectivity index (χ1n) is 7.97. The summed E-state index contributed by atoms with van der Waals surface area (Å²) >= 11 is 12.7. The second-order valence-electron chi connectivity index (χ2n) is 5.70. The minimum atomic E-state index is 0.258. The van der Waals surface area contributed by atoms with Crippen molar-refractivity contribution < 1.29 is 4.74 Å². The summed E-state index contributed by atoms with van der Waals surface area (Å²) in [6, 6.07) is 0.258. The van der Waals surface area contributed by atoms with Crippen LogP contribution in [0.5, 0.6) is 0 Å². The second-order valence-corrected chi connectivity index (χ2v) is 6.51. The van der Waals surface area contributed by atoms with Crippen LogP contribution in [0.1, 0.15) is 26.2 Å². The van der Waals surface area contributed by atoms with E-state index in [1.54, 1.807) is 11.0 Å². The first-order valence-corrected chi connectivity index (χ1v) is 8.73. The van der Waals surface area contributed by atoms with Gasteiger partial charge >= 0.3 is 6.02 Å². The molecular formula is C15H16Cl2N6O. The maximum Gasteiger partial charge on any atom is 0.321 e. The van der Waals surface area contributed by atoms with Gasteiger partial charge in [-0.3, -0.25) is 0 Å².